The number of alkyl carbamates (subject to hydrolysis) is 2. The minimum absolute atomic E-state index is 0.0406. The highest BCUT2D eigenvalue weighted by molar-refractivity contribution is 7.11. The summed E-state index contributed by atoms with van der Waals surface area (Å²) >= 11 is 1.62. The Hall–Kier alpha value is -6.76. The third-order valence-electron chi connectivity index (χ3n) is 15.0. The molecule has 3 aliphatic heterocycles. The van der Waals surface area contributed by atoms with Gasteiger partial charge in [0.2, 0.25) is 18.0 Å². The van der Waals surface area contributed by atoms with Crippen LogP contribution in [0, 0.1) is 23.6 Å². The molecule has 19 heteroatoms. The summed E-state index contributed by atoms with van der Waals surface area (Å²) in [5.41, 5.74) is 4.63. The van der Waals surface area contributed by atoms with Crippen LogP contribution in [0.4, 0.5) is 14.0 Å². The predicted molar refractivity (Wildman–Crippen MR) is 258 cm³/mol. The molecule has 4 aromatic heterocycles. The van der Waals surface area contributed by atoms with E-state index in [1.165, 1.54) is 20.3 Å². The first kappa shape index (κ1) is 45.7. The second kappa shape index (κ2) is 17.3. The smallest absolute Gasteiger partial charge is 0.407 e. The van der Waals surface area contributed by atoms with Crippen LogP contribution in [0.2, 0.25) is 0 Å². The lowest BCUT2D eigenvalue weighted by atomic mass is 10.0. The van der Waals surface area contributed by atoms with Crippen LogP contribution >= 0.6 is 11.3 Å². The average Bonchev–Trinajstić information content (AvgIpc) is 3.86. The van der Waals surface area contributed by atoms with Gasteiger partial charge in [-0.05, 0) is 86.6 Å². The summed E-state index contributed by atoms with van der Waals surface area (Å²) < 4.78 is 35.6. The summed E-state index contributed by atoms with van der Waals surface area (Å²) in [6, 6.07) is 9.40. The van der Waals surface area contributed by atoms with Crippen molar-refractivity contribution in [3.8, 4) is 39.5 Å². The number of H-pyrrole nitrogens is 2. The van der Waals surface area contributed by atoms with E-state index in [0.29, 0.717) is 58.8 Å². The van der Waals surface area contributed by atoms with Gasteiger partial charge >= 0.3 is 12.2 Å². The molecular weight excluding hydrogens is 916 g/mol. The number of aromatic nitrogens is 6. The molecule has 1 unspecified atom stereocenters. The number of thiazole rings is 1. The Morgan fingerprint density at radius 3 is 2.19 bits per heavy atom. The number of aromatic amines is 2. The lowest BCUT2D eigenvalue weighted by Gasteiger charge is -2.31. The van der Waals surface area contributed by atoms with Crippen molar-refractivity contribution in [3.05, 3.63) is 82.3 Å². The lowest BCUT2D eigenvalue weighted by molar-refractivity contribution is -0.137. The number of hydrogen-bond acceptors (Lipinski definition) is 11. The molecule has 7 heterocycles. The zero-order chi connectivity index (χ0) is 48.9. The number of hydrogen-bond donors (Lipinski definition) is 4. The van der Waals surface area contributed by atoms with Gasteiger partial charge in [-0.3, -0.25) is 14.2 Å². The Morgan fingerprint density at radius 1 is 0.843 bits per heavy atom. The minimum atomic E-state index is -0.774. The van der Waals surface area contributed by atoms with Crippen molar-refractivity contribution >= 4 is 46.2 Å². The molecule has 4 amide bonds. The van der Waals surface area contributed by atoms with Crippen LogP contribution in [0.15, 0.2) is 55.0 Å². The van der Waals surface area contributed by atoms with Crippen molar-refractivity contribution in [1.82, 2.24) is 49.9 Å². The molecule has 11 rings (SSSR count). The monoisotopic (exact) mass is 972 g/mol. The van der Waals surface area contributed by atoms with Gasteiger partial charge in [-0.1, -0.05) is 40.7 Å². The predicted octanol–water partition coefficient (Wildman–Crippen LogP) is 8.76. The SMILES string of the molecule is COC(=O)N[C@H](C(=O)N1CCC[C@H]1c1ncc(-c2cc(F)c3c(c2)OC(c2cnc(C4(C)CC4)s2)n2c-3cc3cc(-c4cnc([C@@H]5C[C@H]6C[C@H]6N5C(=O)[C@@H](NC(=O)OC)C(C)C)[nH]4)ccc32)[nH]1)C(C)C. The van der Waals surface area contributed by atoms with Crippen LogP contribution in [0.5, 0.6) is 5.75 Å². The highest BCUT2D eigenvalue weighted by Gasteiger charge is 2.56. The molecule has 70 heavy (non-hydrogen) atoms. The molecule has 2 aliphatic carbocycles. The summed E-state index contributed by atoms with van der Waals surface area (Å²) in [5.74, 6) is 0.857. The molecule has 4 fully saturated rings. The molecule has 0 radical (unpaired) electrons. The van der Waals surface area contributed by atoms with Crippen molar-refractivity contribution in [2.75, 3.05) is 20.8 Å². The van der Waals surface area contributed by atoms with Crippen molar-refractivity contribution < 1.29 is 37.8 Å². The van der Waals surface area contributed by atoms with Crippen LogP contribution in [0.1, 0.15) is 113 Å². The maximum atomic E-state index is 17.0. The summed E-state index contributed by atoms with van der Waals surface area (Å²) in [7, 11) is 2.56. The number of imidazole rings is 2. The minimum Gasteiger partial charge on any atom is -0.464 e. The Balaban J connectivity index is 0.915. The third-order valence-corrected chi connectivity index (χ3v) is 16.4. The standard InChI is InChI=1S/C51H57FN10O7S/c1-24(2)41(58-49(65)67-6)45(63)60-14-8-9-34(60)43-53-22-32(57-43)27-16-30(52)40-36-18-28-15-26(10-11-33(28)62(36)47(69-38(40)20-27)39-23-55-48(70-39)51(5)12-13-51)31-21-54-44(56-31)37-19-29-17-35(29)61(37)46(64)42(25(3)4)59-50(66)68-7/h10-11,15-16,18,20-25,29,34-35,37,41-42,47H,8-9,12-14,17,19H2,1-7H3,(H,53,57)(H,54,56)(H,58,65)(H,59,66)/t29-,34+,35-,37+,41+,42+,47?/m1/s1. The maximum Gasteiger partial charge on any atom is 0.407 e. The number of ether oxygens (including phenoxy) is 3. The second-order valence-electron chi connectivity index (χ2n) is 20.4. The number of carbonyl (C=O) groups is 4. The molecule has 7 atom stereocenters. The van der Waals surface area contributed by atoms with E-state index in [2.05, 4.69) is 38.2 Å². The van der Waals surface area contributed by atoms with Crippen molar-refractivity contribution in [3.63, 3.8) is 0 Å². The van der Waals surface area contributed by atoms with Crippen LogP contribution < -0.4 is 15.4 Å². The molecule has 0 spiro atoms. The molecule has 2 aromatic carbocycles. The Labute approximate surface area is 407 Å². The number of amides is 4. The number of methoxy groups -OCH3 is 2. The lowest BCUT2D eigenvalue weighted by Crippen LogP contribution is -2.52. The first-order valence-corrected chi connectivity index (χ1v) is 25.0. The van der Waals surface area contributed by atoms with Gasteiger partial charge in [-0.25, -0.2) is 28.9 Å². The van der Waals surface area contributed by atoms with Crippen LogP contribution in [-0.2, 0) is 24.5 Å². The Bertz CT molecular complexity index is 3060. The molecule has 0 bridgehead atoms. The van der Waals surface area contributed by atoms with Gasteiger partial charge in [0.1, 0.15) is 35.3 Å². The Kier molecular flexibility index (Phi) is 11.3. The van der Waals surface area contributed by atoms with E-state index in [9.17, 15) is 19.2 Å². The summed E-state index contributed by atoms with van der Waals surface area (Å²) in [4.78, 5) is 78.1. The van der Waals surface area contributed by atoms with E-state index in [1.54, 1.807) is 28.6 Å². The first-order chi connectivity index (χ1) is 33.6. The number of piperidine rings is 1. The fraction of sp³-hybridized carbons (Fsp3) is 0.471. The largest absolute Gasteiger partial charge is 0.464 e. The van der Waals surface area contributed by atoms with Crippen molar-refractivity contribution in [2.45, 2.75) is 115 Å². The molecular formula is C51H57FN10O7S. The van der Waals surface area contributed by atoms with E-state index in [0.717, 1.165) is 64.1 Å². The fourth-order valence-electron chi connectivity index (χ4n) is 10.7. The molecule has 5 aliphatic rings. The number of carbonyl (C=O) groups excluding carboxylic acids is 4. The van der Waals surface area contributed by atoms with Gasteiger partial charge in [-0.2, -0.15) is 0 Å². The van der Waals surface area contributed by atoms with Crippen LogP contribution in [-0.4, -0.2) is 102 Å². The average molecular weight is 973 g/mol. The normalized spacial score (nSPS) is 22.6. The molecule has 4 N–H and O–H groups in total. The summed E-state index contributed by atoms with van der Waals surface area (Å²) in [6.07, 6.45) is 8.66. The van der Waals surface area contributed by atoms with E-state index in [4.69, 9.17) is 29.2 Å². The highest BCUT2D eigenvalue weighted by atomic mass is 32.1. The molecule has 2 saturated carbocycles. The summed E-state index contributed by atoms with van der Waals surface area (Å²) in [5, 5.41) is 7.36. The second-order valence-corrected chi connectivity index (χ2v) is 21.5. The van der Waals surface area contributed by atoms with Gasteiger partial charge in [-0.15, -0.1) is 11.3 Å². The quantitative estimate of drug-likeness (QED) is 0.0919. The molecule has 6 aromatic rings. The third kappa shape index (κ3) is 7.85. The van der Waals surface area contributed by atoms with Gasteiger partial charge < -0.3 is 44.6 Å². The fourth-order valence-corrected chi connectivity index (χ4v) is 11.9. The Morgan fingerprint density at radius 2 is 1.51 bits per heavy atom. The number of fused-ring (bicyclic) bond motifs is 6. The van der Waals surface area contributed by atoms with Gasteiger partial charge in [0.15, 0.2) is 0 Å². The van der Waals surface area contributed by atoms with Gasteiger partial charge in [0.05, 0.1) is 76.7 Å². The number of nitrogens with one attached hydrogen (secondary N) is 4. The number of rotatable bonds is 12. The van der Waals surface area contributed by atoms with Crippen molar-refractivity contribution in [1.29, 1.82) is 0 Å². The highest BCUT2D eigenvalue weighted by Crippen LogP contribution is 2.54. The number of nitrogens with zero attached hydrogens (tertiary/aromatic N) is 6. The number of likely N-dealkylation sites (tertiary alicyclic amines) is 2. The summed E-state index contributed by atoms with van der Waals surface area (Å²) in [6.45, 7) is 10.3. The van der Waals surface area contributed by atoms with E-state index >= 15 is 4.39 Å². The van der Waals surface area contributed by atoms with Crippen LogP contribution in [0.25, 0.3) is 44.7 Å². The van der Waals surface area contributed by atoms with E-state index in [1.807, 2.05) is 63.1 Å². The maximum absolute atomic E-state index is 17.0. The van der Waals surface area contributed by atoms with Gasteiger partial charge in [0.25, 0.3) is 0 Å². The molecule has 366 valence electrons. The zero-order valence-corrected chi connectivity index (χ0v) is 41.0. The first-order valence-electron chi connectivity index (χ1n) is 24.2. The van der Waals surface area contributed by atoms with Crippen molar-refractivity contribution in [2.24, 2.45) is 17.8 Å². The number of benzene rings is 2. The molecule has 17 nitrogen and oxygen atoms in total. The number of halogens is 1. The van der Waals surface area contributed by atoms with Crippen LogP contribution in [0.3, 0.4) is 0 Å². The van der Waals surface area contributed by atoms with E-state index in [-0.39, 0.29) is 47.2 Å². The molecule has 2 saturated heterocycles. The van der Waals surface area contributed by atoms with Gasteiger partial charge in [0, 0.05) is 40.7 Å². The van der Waals surface area contributed by atoms with E-state index < -0.39 is 36.3 Å². The topological polar surface area (TPSA) is 202 Å². The zero-order valence-electron chi connectivity index (χ0n) is 40.2.